The lowest BCUT2D eigenvalue weighted by atomic mass is 10.2. The Morgan fingerprint density at radius 3 is 2.85 bits per heavy atom. The van der Waals surface area contributed by atoms with Gasteiger partial charge in [0, 0.05) is 6.07 Å². The Bertz CT molecular complexity index is 708. The number of fused-ring (bicyclic) bond motifs is 1. The minimum absolute atomic E-state index is 0.119. The summed E-state index contributed by atoms with van der Waals surface area (Å²) in [6, 6.07) is 6.49. The monoisotopic (exact) mass is 295 g/mol. The standard InChI is InChI=1S/C13H13NO5S/c1-17-10-2-3-13-12(8-10)14(5-7-19-13)20(15,16)11-4-6-18-9-11/h2-4,6,8-9H,5,7H2,1H3. The molecule has 0 saturated carbocycles. The molecule has 106 valence electrons. The van der Waals surface area contributed by atoms with Crippen LogP contribution >= 0.6 is 0 Å². The highest BCUT2D eigenvalue weighted by Crippen LogP contribution is 2.37. The lowest BCUT2D eigenvalue weighted by Crippen LogP contribution is -2.37. The maximum Gasteiger partial charge on any atom is 0.267 e. The summed E-state index contributed by atoms with van der Waals surface area (Å²) in [6.45, 7) is 0.546. The van der Waals surface area contributed by atoms with Crippen molar-refractivity contribution in [2.45, 2.75) is 4.90 Å². The summed E-state index contributed by atoms with van der Waals surface area (Å²) in [4.78, 5) is 0.119. The van der Waals surface area contributed by atoms with Crippen molar-refractivity contribution >= 4 is 15.7 Å². The van der Waals surface area contributed by atoms with Crippen molar-refractivity contribution < 1.29 is 22.3 Å². The van der Waals surface area contributed by atoms with Gasteiger partial charge in [-0.25, -0.2) is 8.42 Å². The first-order chi connectivity index (χ1) is 9.63. The van der Waals surface area contributed by atoms with Crippen molar-refractivity contribution in [2.24, 2.45) is 0 Å². The summed E-state index contributed by atoms with van der Waals surface area (Å²) < 4.78 is 41.9. The van der Waals surface area contributed by atoms with Crippen molar-refractivity contribution in [2.75, 3.05) is 24.6 Å². The van der Waals surface area contributed by atoms with Crippen LogP contribution in [0.3, 0.4) is 0 Å². The van der Waals surface area contributed by atoms with Crippen molar-refractivity contribution in [3.63, 3.8) is 0 Å². The van der Waals surface area contributed by atoms with E-state index in [1.807, 2.05) is 0 Å². The lowest BCUT2D eigenvalue weighted by Gasteiger charge is -2.30. The molecule has 1 aliphatic rings. The molecular formula is C13H13NO5S. The summed E-state index contributed by atoms with van der Waals surface area (Å²) in [7, 11) is -2.12. The second-order valence-corrected chi connectivity index (χ2v) is 6.08. The van der Waals surface area contributed by atoms with E-state index in [1.165, 1.54) is 30.0 Å². The molecule has 0 fully saturated rings. The van der Waals surface area contributed by atoms with Crippen molar-refractivity contribution in [3.05, 3.63) is 36.8 Å². The van der Waals surface area contributed by atoms with E-state index in [1.54, 1.807) is 18.2 Å². The van der Waals surface area contributed by atoms with Gasteiger partial charge in [-0.2, -0.15) is 0 Å². The van der Waals surface area contributed by atoms with Gasteiger partial charge in [0.1, 0.15) is 29.3 Å². The molecular weight excluding hydrogens is 282 g/mol. The van der Waals surface area contributed by atoms with E-state index in [0.29, 0.717) is 23.8 Å². The van der Waals surface area contributed by atoms with Gasteiger partial charge in [0.2, 0.25) is 0 Å². The van der Waals surface area contributed by atoms with Crippen LogP contribution in [-0.4, -0.2) is 28.7 Å². The van der Waals surface area contributed by atoms with E-state index in [9.17, 15) is 8.42 Å². The fourth-order valence-electron chi connectivity index (χ4n) is 2.08. The molecule has 0 bridgehead atoms. The van der Waals surface area contributed by atoms with E-state index in [-0.39, 0.29) is 11.4 Å². The van der Waals surface area contributed by atoms with Crippen molar-refractivity contribution in [1.29, 1.82) is 0 Å². The third-order valence-electron chi connectivity index (χ3n) is 3.07. The molecule has 0 spiro atoms. The summed E-state index contributed by atoms with van der Waals surface area (Å²) in [6.07, 6.45) is 2.55. The van der Waals surface area contributed by atoms with E-state index < -0.39 is 10.0 Å². The van der Waals surface area contributed by atoms with Crippen LogP contribution in [0.15, 0.2) is 46.1 Å². The molecule has 7 heteroatoms. The molecule has 1 aromatic carbocycles. The molecule has 0 amide bonds. The zero-order valence-electron chi connectivity index (χ0n) is 10.8. The first-order valence-electron chi connectivity index (χ1n) is 5.99. The van der Waals surface area contributed by atoms with Gasteiger partial charge in [-0.05, 0) is 18.2 Å². The van der Waals surface area contributed by atoms with Crippen LogP contribution in [0.4, 0.5) is 5.69 Å². The van der Waals surface area contributed by atoms with Crippen LogP contribution < -0.4 is 13.8 Å². The largest absolute Gasteiger partial charge is 0.497 e. The van der Waals surface area contributed by atoms with Gasteiger partial charge in [-0.1, -0.05) is 0 Å². The first kappa shape index (κ1) is 12.9. The average Bonchev–Trinajstić information content (AvgIpc) is 3.01. The highest BCUT2D eigenvalue weighted by molar-refractivity contribution is 7.92. The number of benzene rings is 1. The van der Waals surface area contributed by atoms with Crippen molar-refractivity contribution in [3.8, 4) is 11.5 Å². The number of rotatable bonds is 3. The fraction of sp³-hybridized carbons (Fsp3) is 0.231. The van der Waals surface area contributed by atoms with Gasteiger partial charge in [0.25, 0.3) is 10.0 Å². The van der Waals surface area contributed by atoms with Gasteiger partial charge < -0.3 is 13.9 Å². The van der Waals surface area contributed by atoms with Crippen LogP contribution in [0.2, 0.25) is 0 Å². The van der Waals surface area contributed by atoms with E-state index in [0.717, 1.165) is 0 Å². The smallest absolute Gasteiger partial charge is 0.267 e. The van der Waals surface area contributed by atoms with Gasteiger partial charge in [0.15, 0.2) is 0 Å². The molecule has 0 N–H and O–H groups in total. The Balaban J connectivity index is 2.10. The lowest BCUT2D eigenvalue weighted by molar-refractivity contribution is 0.314. The number of ether oxygens (including phenoxy) is 2. The predicted molar refractivity (Wildman–Crippen MR) is 71.7 cm³/mol. The van der Waals surface area contributed by atoms with Crippen LogP contribution in [0.5, 0.6) is 11.5 Å². The third kappa shape index (κ3) is 2.00. The van der Waals surface area contributed by atoms with Gasteiger partial charge in [0.05, 0.1) is 25.6 Å². The van der Waals surface area contributed by atoms with E-state index >= 15 is 0 Å². The second-order valence-electron chi connectivity index (χ2n) is 4.22. The number of sulfonamides is 1. The molecule has 0 aliphatic carbocycles. The fourth-order valence-corrected chi connectivity index (χ4v) is 3.45. The first-order valence-corrected chi connectivity index (χ1v) is 7.43. The molecule has 2 heterocycles. The Morgan fingerprint density at radius 1 is 1.30 bits per heavy atom. The molecule has 0 atom stereocenters. The summed E-state index contributed by atoms with van der Waals surface area (Å²) >= 11 is 0. The normalized spacial score (nSPS) is 14.6. The Kier molecular flexibility index (Phi) is 3.06. The molecule has 1 aliphatic heterocycles. The van der Waals surface area contributed by atoms with E-state index in [2.05, 4.69) is 0 Å². The molecule has 2 aromatic rings. The van der Waals surface area contributed by atoms with Crippen LogP contribution in [0.1, 0.15) is 0 Å². The number of anilines is 1. The average molecular weight is 295 g/mol. The van der Waals surface area contributed by atoms with Gasteiger partial charge >= 0.3 is 0 Å². The van der Waals surface area contributed by atoms with Crippen LogP contribution in [-0.2, 0) is 10.0 Å². The second kappa shape index (κ2) is 4.75. The van der Waals surface area contributed by atoms with Gasteiger partial charge in [-0.15, -0.1) is 0 Å². The van der Waals surface area contributed by atoms with E-state index in [4.69, 9.17) is 13.9 Å². The molecule has 0 unspecified atom stereocenters. The molecule has 20 heavy (non-hydrogen) atoms. The summed E-state index contributed by atoms with van der Waals surface area (Å²) in [5.74, 6) is 1.09. The maximum atomic E-state index is 12.6. The number of hydrogen-bond donors (Lipinski definition) is 0. The maximum absolute atomic E-state index is 12.6. The molecule has 0 saturated heterocycles. The Hall–Kier alpha value is -2.15. The highest BCUT2D eigenvalue weighted by Gasteiger charge is 2.31. The Labute approximate surface area is 116 Å². The number of methoxy groups -OCH3 is 1. The summed E-state index contributed by atoms with van der Waals surface area (Å²) in [5, 5.41) is 0. The van der Waals surface area contributed by atoms with Crippen LogP contribution in [0.25, 0.3) is 0 Å². The SMILES string of the molecule is COc1ccc2c(c1)N(S(=O)(=O)c1ccoc1)CCO2. The highest BCUT2D eigenvalue weighted by atomic mass is 32.2. The quantitative estimate of drug-likeness (QED) is 0.864. The number of nitrogens with zero attached hydrogens (tertiary/aromatic N) is 1. The van der Waals surface area contributed by atoms with Gasteiger partial charge in [-0.3, -0.25) is 4.31 Å². The van der Waals surface area contributed by atoms with Crippen LogP contribution in [0, 0.1) is 0 Å². The topological polar surface area (TPSA) is 69.0 Å². The minimum atomic E-state index is -3.65. The number of furan rings is 1. The number of hydrogen-bond acceptors (Lipinski definition) is 5. The molecule has 3 rings (SSSR count). The predicted octanol–water partition coefficient (Wildman–Crippen LogP) is 1.88. The minimum Gasteiger partial charge on any atom is -0.497 e. The molecule has 6 nitrogen and oxygen atoms in total. The molecule has 1 aromatic heterocycles. The molecule has 0 radical (unpaired) electrons. The third-order valence-corrected chi connectivity index (χ3v) is 4.86. The Morgan fingerprint density at radius 2 is 2.15 bits per heavy atom. The summed E-state index contributed by atoms with van der Waals surface area (Å²) in [5.41, 5.74) is 0.469. The zero-order valence-corrected chi connectivity index (χ0v) is 11.6. The zero-order chi connectivity index (χ0) is 14.2. The van der Waals surface area contributed by atoms with Crippen molar-refractivity contribution in [1.82, 2.24) is 0 Å².